The van der Waals surface area contributed by atoms with Gasteiger partial charge in [-0.1, -0.05) is 11.6 Å². The highest BCUT2D eigenvalue weighted by molar-refractivity contribution is 6.31. The Morgan fingerprint density at radius 2 is 1.85 bits per heavy atom. The summed E-state index contributed by atoms with van der Waals surface area (Å²) in [5.74, 6) is -1.94. The lowest BCUT2D eigenvalue weighted by Crippen LogP contribution is -2.18. The Kier molecular flexibility index (Phi) is 7.93. The first kappa shape index (κ1) is 26.2. The van der Waals surface area contributed by atoms with Crippen LogP contribution in [-0.4, -0.2) is 22.9 Å². The Bertz CT molecular complexity index is 1300. The maximum atomic E-state index is 13.3. The van der Waals surface area contributed by atoms with Gasteiger partial charge < -0.3 is 15.0 Å². The van der Waals surface area contributed by atoms with E-state index in [1.165, 1.54) is 23.6 Å². The standard InChI is InChI=1S/C23H18ClF3N4O3/c1-12-6-15(7-16(9-28)22(33)34-11-21(32)18(10-29)13(2)30)14(3)31(12)17-4-5-20(24)19(8-17)23(25,26)27/h4-8H,11,30H2,1-3H3/b16-7+,18-13+. The average molecular weight is 491 g/mol. The second-order valence-corrected chi connectivity index (χ2v) is 7.57. The van der Waals surface area contributed by atoms with E-state index in [4.69, 9.17) is 27.3 Å². The zero-order chi connectivity index (χ0) is 25.8. The van der Waals surface area contributed by atoms with Gasteiger partial charge >= 0.3 is 12.1 Å². The summed E-state index contributed by atoms with van der Waals surface area (Å²) < 4.78 is 46.1. The Balaban J connectivity index is 2.38. The van der Waals surface area contributed by atoms with Crippen molar-refractivity contribution in [2.45, 2.75) is 26.9 Å². The van der Waals surface area contributed by atoms with E-state index in [0.717, 1.165) is 12.1 Å². The Labute approximate surface area is 198 Å². The molecule has 0 radical (unpaired) electrons. The van der Waals surface area contributed by atoms with Gasteiger partial charge in [0.2, 0.25) is 5.78 Å². The van der Waals surface area contributed by atoms with Crippen molar-refractivity contribution in [3.63, 3.8) is 0 Å². The summed E-state index contributed by atoms with van der Waals surface area (Å²) in [6.45, 7) is 3.78. The van der Waals surface area contributed by atoms with Crippen molar-refractivity contribution < 1.29 is 27.5 Å². The molecule has 2 aromatic rings. The average Bonchev–Trinajstić information content (AvgIpc) is 3.03. The fraction of sp³-hybridized carbons (Fsp3) is 0.217. The number of halogens is 4. The number of allylic oxidation sites excluding steroid dienone is 1. The van der Waals surface area contributed by atoms with Crippen molar-refractivity contribution in [3.8, 4) is 17.8 Å². The molecular weight excluding hydrogens is 473 g/mol. The highest BCUT2D eigenvalue weighted by Crippen LogP contribution is 2.36. The van der Waals surface area contributed by atoms with Crippen molar-refractivity contribution in [3.05, 3.63) is 68.6 Å². The number of carbonyl (C=O) groups is 2. The van der Waals surface area contributed by atoms with Crippen LogP contribution in [0.4, 0.5) is 13.2 Å². The molecule has 0 aliphatic heterocycles. The number of benzene rings is 1. The van der Waals surface area contributed by atoms with E-state index >= 15 is 0 Å². The number of ketones is 1. The molecule has 0 saturated carbocycles. The van der Waals surface area contributed by atoms with Crippen LogP contribution < -0.4 is 5.73 Å². The molecule has 176 valence electrons. The van der Waals surface area contributed by atoms with Gasteiger partial charge in [-0.3, -0.25) is 4.79 Å². The highest BCUT2D eigenvalue weighted by Gasteiger charge is 2.33. The van der Waals surface area contributed by atoms with Crippen molar-refractivity contribution in [1.29, 1.82) is 10.5 Å². The number of nitriles is 2. The molecule has 1 aromatic heterocycles. The van der Waals surface area contributed by atoms with Crippen LogP contribution in [0.15, 0.2) is 41.1 Å². The van der Waals surface area contributed by atoms with E-state index in [-0.39, 0.29) is 17.0 Å². The molecule has 0 amide bonds. The van der Waals surface area contributed by atoms with Crippen molar-refractivity contribution in [1.82, 2.24) is 4.57 Å². The van der Waals surface area contributed by atoms with Crippen LogP contribution in [0.1, 0.15) is 29.4 Å². The predicted molar refractivity (Wildman–Crippen MR) is 117 cm³/mol. The Morgan fingerprint density at radius 1 is 1.21 bits per heavy atom. The van der Waals surface area contributed by atoms with Gasteiger partial charge in [-0.05, 0) is 56.7 Å². The molecule has 0 spiro atoms. The number of alkyl halides is 3. The summed E-state index contributed by atoms with van der Waals surface area (Å²) >= 11 is 5.70. The molecular formula is C23H18ClF3N4O3. The normalized spacial score (nSPS) is 12.4. The summed E-state index contributed by atoms with van der Waals surface area (Å²) in [4.78, 5) is 24.2. The molecule has 34 heavy (non-hydrogen) atoms. The third kappa shape index (κ3) is 5.66. The number of Topliss-reactive ketones (excluding diaryl/α,β-unsaturated/α-hetero) is 1. The van der Waals surface area contributed by atoms with Gasteiger partial charge in [0.25, 0.3) is 0 Å². The number of aryl methyl sites for hydroxylation is 1. The Morgan fingerprint density at radius 3 is 2.38 bits per heavy atom. The fourth-order valence-corrected chi connectivity index (χ4v) is 3.37. The molecule has 0 aliphatic rings. The number of hydrogen-bond donors (Lipinski definition) is 1. The number of aromatic nitrogens is 1. The summed E-state index contributed by atoms with van der Waals surface area (Å²) in [7, 11) is 0. The van der Waals surface area contributed by atoms with Gasteiger partial charge in [0.05, 0.1) is 10.6 Å². The van der Waals surface area contributed by atoms with Crippen LogP contribution in [-0.2, 0) is 20.5 Å². The minimum atomic E-state index is -4.65. The smallest absolute Gasteiger partial charge is 0.417 e. The monoisotopic (exact) mass is 490 g/mol. The van der Waals surface area contributed by atoms with Gasteiger partial charge in [-0.25, -0.2) is 4.79 Å². The predicted octanol–water partition coefficient (Wildman–Crippen LogP) is 4.54. The zero-order valence-corrected chi connectivity index (χ0v) is 19.0. The number of rotatable bonds is 6. The van der Waals surface area contributed by atoms with Crippen LogP contribution >= 0.6 is 11.6 Å². The van der Waals surface area contributed by atoms with Crippen LogP contribution in [0.2, 0.25) is 5.02 Å². The maximum Gasteiger partial charge on any atom is 0.417 e. The molecule has 0 atom stereocenters. The van der Waals surface area contributed by atoms with E-state index in [2.05, 4.69) is 0 Å². The van der Waals surface area contributed by atoms with Gasteiger partial charge in [-0.2, -0.15) is 23.7 Å². The number of nitrogens with zero attached hydrogens (tertiary/aromatic N) is 3. The molecule has 0 unspecified atom stereocenters. The molecule has 11 heteroatoms. The topological polar surface area (TPSA) is 122 Å². The first-order valence-electron chi connectivity index (χ1n) is 9.56. The first-order chi connectivity index (χ1) is 15.8. The van der Waals surface area contributed by atoms with Gasteiger partial charge in [-0.15, -0.1) is 0 Å². The van der Waals surface area contributed by atoms with Crippen LogP contribution in [0.3, 0.4) is 0 Å². The summed E-state index contributed by atoms with van der Waals surface area (Å²) in [6.07, 6.45) is -3.45. The molecule has 0 aliphatic carbocycles. The van der Waals surface area contributed by atoms with Gasteiger partial charge in [0, 0.05) is 22.8 Å². The molecule has 0 saturated heterocycles. The van der Waals surface area contributed by atoms with Gasteiger partial charge in [0.1, 0.15) is 23.3 Å². The van der Waals surface area contributed by atoms with Gasteiger partial charge in [0.15, 0.2) is 6.61 Å². The van der Waals surface area contributed by atoms with Crippen LogP contribution in [0.25, 0.3) is 11.8 Å². The number of nitrogens with two attached hydrogens (primary N) is 1. The lowest BCUT2D eigenvalue weighted by Gasteiger charge is -2.14. The molecule has 2 rings (SSSR count). The number of esters is 1. The molecule has 0 fully saturated rings. The number of hydrogen-bond acceptors (Lipinski definition) is 6. The highest BCUT2D eigenvalue weighted by atomic mass is 35.5. The van der Waals surface area contributed by atoms with E-state index in [1.54, 1.807) is 32.1 Å². The zero-order valence-electron chi connectivity index (χ0n) is 18.2. The number of ether oxygens (including phenoxy) is 1. The lowest BCUT2D eigenvalue weighted by atomic mass is 10.1. The van der Waals surface area contributed by atoms with Crippen molar-refractivity contribution in [2.24, 2.45) is 5.73 Å². The summed E-state index contributed by atoms with van der Waals surface area (Å²) in [5.41, 5.74) is 5.10. The third-order valence-electron chi connectivity index (χ3n) is 4.74. The second kappa shape index (κ2) is 10.3. The summed E-state index contributed by atoms with van der Waals surface area (Å²) in [6, 6.07) is 8.30. The minimum absolute atomic E-state index is 0.0390. The third-order valence-corrected chi connectivity index (χ3v) is 5.07. The van der Waals surface area contributed by atoms with E-state index in [9.17, 15) is 28.0 Å². The fourth-order valence-electron chi connectivity index (χ4n) is 3.14. The van der Waals surface area contributed by atoms with E-state index < -0.39 is 40.7 Å². The minimum Gasteiger partial charge on any atom is -0.453 e. The van der Waals surface area contributed by atoms with Crippen LogP contribution in [0, 0.1) is 36.5 Å². The lowest BCUT2D eigenvalue weighted by molar-refractivity contribution is -0.142. The largest absolute Gasteiger partial charge is 0.453 e. The maximum absolute atomic E-state index is 13.3. The molecule has 1 aromatic carbocycles. The molecule has 0 bridgehead atoms. The van der Waals surface area contributed by atoms with E-state index in [1.807, 2.05) is 0 Å². The summed E-state index contributed by atoms with van der Waals surface area (Å²) in [5, 5.41) is 17.9. The number of carbonyl (C=O) groups excluding carboxylic acids is 2. The van der Waals surface area contributed by atoms with Crippen LogP contribution in [0.5, 0.6) is 0 Å². The van der Waals surface area contributed by atoms with E-state index in [0.29, 0.717) is 17.0 Å². The molecule has 1 heterocycles. The second-order valence-electron chi connectivity index (χ2n) is 7.16. The molecule has 7 nitrogen and oxygen atoms in total. The van der Waals surface area contributed by atoms with Crippen molar-refractivity contribution in [2.75, 3.05) is 6.61 Å². The Hall–Kier alpha value is -4.02. The molecule has 2 N–H and O–H groups in total. The van der Waals surface area contributed by atoms with Crippen molar-refractivity contribution >= 4 is 29.4 Å². The SMILES string of the molecule is C/C(N)=C(/C#N)C(=O)COC(=O)/C(C#N)=C/c1cc(C)n(-c2ccc(Cl)c(C(F)(F)F)c2)c1C. The first-order valence-corrected chi connectivity index (χ1v) is 9.94. The quantitative estimate of drug-likeness (QED) is 0.360.